The molecule has 0 bridgehead atoms. The Labute approximate surface area is 210 Å². The van der Waals surface area contributed by atoms with Crippen LogP contribution in [0.2, 0.25) is 16.6 Å². The molecule has 0 spiro atoms. The summed E-state index contributed by atoms with van der Waals surface area (Å²) < 4.78 is 2.70. The number of hydrogen-bond acceptors (Lipinski definition) is 0. The van der Waals surface area contributed by atoms with Crippen LogP contribution in [0.3, 0.4) is 0 Å². The molecule has 0 N–H and O–H groups in total. The minimum Gasteiger partial charge on any atom is -0.379 e. The molecule has 194 valence electrons. The van der Waals surface area contributed by atoms with Gasteiger partial charge < -0.3 is 4.23 Å². The van der Waals surface area contributed by atoms with E-state index in [4.69, 9.17) is 0 Å². The number of unbranched alkanes of at least 4 members (excludes halogenated alkanes) is 15. The summed E-state index contributed by atoms with van der Waals surface area (Å²) in [5.41, 5.74) is 3.88. The van der Waals surface area contributed by atoms with Gasteiger partial charge in [0.2, 0.25) is 0 Å². The van der Waals surface area contributed by atoms with E-state index in [9.17, 15) is 0 Å². The minimum atomic E-state index is -1.56. The van der Waals surface area contributed by atoms with Crippen LogP contribution in [0, 0.1) is 0 Å². The van der Waals surface area contributed by atoms with Gasteiger partial charge in [0, 0.05) is 0 Å². The molecule has 1 rings (SSSR count). The molecule has 33 heavy (non-hydrogen) atoms. The summed E-state index contributed by atoms with van der Waals surface area (Å²) in [6.07, 6.45) is 29.4. The second-order valence-electron chi connectivity index (χ2n) is 11.8. The van der Waals surface area contributed by atoms with Crippen LogP contribution in [-0.2, 0) is 6.42 Å². The van der Waals surface area contributed by atoms with Crippen molar-refractivity contribution in [3.8, 4) is 0 Å². The Kier molecular flexibility index (Phi) is 16.5. The molecule has 0 radical (unpaired) electrons. The monoisotopic (exact) mass is 475 g/mol. The average molecular weight is 476 g/mol. The van der Waals surface area contributed by atoms with Gasteiger partial charge in [0.15, 0.2) is 8.24 Å². The number of aromatic nitrogens is 1. The van der Waals surface area contributed by atoms with Crippen molar-refractivity contribution in [2.75, 3.05) is 0 Å². The van der Waals surface area contributed by atoms with Gasteiger partial charge in [-0.15, -0.1) is 0 Å². The second-order valence-corrected chi connectivity index (χ2v) is 17.6. The van der Waals surface area contributed by atoms with Crippen molar-refractivity contribution in [3.63, 3.8) is 0 Å². The zero-order chi connectivity index (χ0) is 24.5. The van der Waals surface area contributed by atoms with E-state index in [0.717, 1.165) is 16.6 Å². The first-order valence-electron chi connectivity index (χ1n) is 15.0. The summed E-state index contributed by atoms with van der Waals surface area (Å²) in [6, 6.07) is 2.42. The molecule has 0 unspecified atom stereocenters. The van der Waals surface area contributed by atoms with Crippen LogP contribution >= 0.6 is 0 Å². The fourth-order valence-corrected chi connectivity index (χ4v) is 13.1. The number of rotatable bonds is 21. The molecule has 0 amide bonds. The van der Waals surface area contributed by atoms with Crippen molar-refractivity contribution in [1.82, 2.24) is 4.23 Å². The topological polar surface area (TPSA) is 4.93 Å². The maximum absolute atomic E-state index is 2.70. The Morgan fingerprint density at radius 1 is 0.576 bits per heavy atom. The first kappa shape index (κ1) is 30.5. The van der Waals surface area contributed by atoms with E-state index in [1.54, 1.807) is 5.56 Å². The Bertz CT molecular complexity index is 549. The lowest BCUT2D eigenvalue weighted by Gasteiger charge is -2.44. The molecule has 0 saturated heterocycles. The summed E-state index contributed by atoms with van der Waals surface area (Å²) in [4.78, 5) is 0. The van der Waals surface area contributed by atoms with E-state index in [0.29, 0.717) is 0 Å². The van der Waals surface area contributed by atoms with E-state index in [-0.39, 0.29) is 0 Å². The normalized spacial score (nSPS) is 12.5. The minimum absolute atomic E-state index is 0.772. The third-order valence-corrected chi connectivity index (χ3v) is 15.0. The van der Waals surface area contributed by atoms with Crippen molar-refractivity contribution in [2.24, 2.45) is 0 Å². The predicted molar refractivity (Wildman–Crippen MR) is 154 cm³/mol. The van der Waals surface area contributed by atoms with E-state index < -0.39 is 8.24 Å². The van der Waals surface area contributed by atoms with Crippen LogP contribution in [0.4, 0.5) is 0 Å². The predicted octanol–water partition coefficient (Wildman–Crippen LogP) is 11.3. The summed E-state index contributed by atoms with van der Waals surface area (Å²) in [7, 11) is -1.56. The quantitative estimate of drug-likeness (QED) is 0.123. The zero-order valence-electron chi connectivity index (χ0n) is 23.9. The highest BCUT2D eigenvalue weighted by atomic mass is 28.3. The molecule has 1 aromatic heterocycles. The second kappa shape index (κ2) is 17.9. The molecule has 0 fully saturated rings. The van der Waals surface area contributed by atoms with Crippen molar-refractivity contribution < 1.29 is 0 Å². The summed E-state index contributed by atoms with van der Waals surface area (Å²) in [6.45, 7) is 17.1. The van der Waals surface area contributed by atoms with Crippen LogP contribution in [0.15, 0.2) is 18.5 Å². The van der Waals surface area contributed by atoms with Gasteiger partial charge in [-0.1, -0.05) is 145 Å². The van der Waals surface area contributed by atoms with Gasteiger partial charge in [-0.2, -0.15) is 0 Å². The van der Waals surface area contributed by atoms with Gasteiger partial charge in [-0.3, -0.25) is 0 Å². The summed E-state index contributed by atoms with van der Waals surface area (Å²) >= 11 is 0. The number of nitrogens with zero attached hydrogens (tertiary/aromatic N) is 1. The molecule has 0 aliphatic carbocycles. The van der Waals surface area contributed by atoms with Gasteiger partial charge in [-0.05, 0) is 53.5 Å². The van der Waals surface area contributed by atoms with Crippen LogP contribution in [0.1, 0.15) is 157 Å². The number of aryl methyl sites for hydroxylation is 1. The molecule has 0 aliphatic heterocycles. The smallest absolute Gasteiger partial charge is 0.168 e. The Morgan fingerprint density at radius 3 is 1.30 bits per heavy atom. The lowest BCUT2D eigenvalue weighted by Crippen LogP contribution is -2.51. The first-order chi connectivity index (χ1) is 15.9. The highest BCUT2D eigenvalue weighted by Crippen LogP contribution is 2.42. The average Bonchev–Trinajstić information content (AvgIpc) is 3.21. The Morgan fingerprint density at radius 2 is 0.939 bits per heavy atom. The fraction of sp³-hybridized carbons (Fsp3) is 0.871. The highest BCUT2D eigenvalue weighted by Gasteiger charge is 2.44. The van der Waals surface area contributed by atoms with Gasteiger partial charge in [0.25, 0.3) is 0 Å². The first-order valence-corrected chi connectivity index (χ1v) is 17.2. The Hall–Kier alpha value is -0.503. The van der Waals surface area contributed by atoms with Crippen molar-refractivity contribution >= 4 is 8.24 Å². The van der Waals surface area contributed by atoms with E-state index in [1.807, 2.05) is 0 Å². The van der Waals surface area contributed by atoms with Crippen molar-refractivity contribution in [3.05, 3.63) is 24.0 Å². The van der Waals surface area contributed by atoms with Gasteiger partial charge in [0.1, 0.15) is 0 Å². The molecule has 0 aliphatic rings. The summed E-state index contributed by atoms with van der Waals surface area (Å²) in [5.74, 6) is 0. The molecule has 1 heterocycles. The maximum atomic E-state index is 2.70. The fourth-order valence-electron chi connectivity index (χ4n) is 6.60. The van der Waals surface area contributed by atoms with Crippen LogP contribution in [-0.4, -0.2) is 12.5 Å². The lowest BCUT2D eigenvalue weighted by molar-refractivity contribution is 0.529. The number of hydrogen-bond donors (Lipinski definition) is 0. The third kappa shape index (κ3) is 10.7. The molecule has 0 aromatic carbocycles. The molecule has 0 saturated carbocycles. The molecule has 0 atom stereocenters. The van der Waals surface area contributed by atoms with Crippen molar-refractivity contribution in [2.45, 2.75) is 174 Å². The molecule has 1 aromatic rings. The Balaban J connectivity index is 2.10. The lowest BCUT2D eigenvalue weighted by atomic mass is 10.0. The van der Waals surface area contributed by atoms with Gasteiger partial charge in [0.05, 0.1) is 0 Å². The SMILES string of the molecule is CCCCCCCCCCCCCCCCCCc1ccn([Si](C(C)C)(C(C)C)C(C)C)c1. The van der Waals surface area contributed by atoms with Crippen molar-refractivity contribution in [1.29, 1.82) is 0 Å². The zero-order valence-corrected chi connectivity index (χ0v) is 24.9. The molecule has 2 heteroatoms. The molecular weight excluding hydrogens is 414 g/mol. The standard InChI is InChI=1S/C31H61NSi/c1-8-9-10-11-12-13-14-15-16-17-18-19-20-21-22-23-24-31-25-26-32(27-31)33(28(2)3,29(4)5)30(6)7/h25-30H,8-24H2,1-7H3. The van der Waals surface area contributed by atoms with Crippen LogP contribution < -0.4 is 0 Å². The van der Waals surface area contributed by atoms with Crippen LogP contribution in [0.25, 0.3) is 0 Å². The van der Waals surface area contributed by atoms with E-state index in [1.165, 1.54) is 109 Å². The molecule has 1 nitrogen and oxygen atoms in total. The molecular formula is C31H61NSi. The highest BCUT2D eigenvalue weighted by molar-refractivity contribution is 6.82. The van der Waals surface area contributed by atoms with Crippen LogP contribution in [0.5, 0.6) is 0 Å². The van der Waals surface area contributed by atoms with Gasteiger partial charge in [-0.25, -0.2) is 0 Å². The third-order valence-electron chi connectivity index (χ3n) is 8.29. The maximum Gasteiger partial charge on any atom is 0.168 e. The van der Waals surface area contributed by atoms with Gasteiger partial charge >= 0.3 is 0 Å². The summed E-state index contributed by atoms with van der Waals surface area (Å²) in [5, 5.41) is 0. The van der Waals surface area contributed by atoms with E-state index in [2.05, 4.69) is 71.2 Å². The largest absolute Gasteiger partial charge is 0.379 e. The van der Waals surface area contributed by atoms with E-state index >= 15 is 0 Å².